The van der Waals surface area contributed by atoms with Crippen LogP contribution in [0.15, 0.2) is 188 Å². The summed E-state index contributed by atoms with van der Waals surface area (Å²) in [7, 11) is 0. The van der Waals surface area contributed by atoms with Crippen LogP contribution < -0.4 is 4.90 Å². The summed E-state index contributed by atoms with van der Waals surface area (Å²) in [5, 5.41) is 2.65. The first-order valence-corrected chi connectivity index (χ1v) is 19.1. The second kappa shape index (κ2) is 12.5. The Morgan fingerprint density at radius 1 is 0.415 bits per heavy atom. The Morgan fingerprint density at radius 3 is 1.64 bits per heavy atom. The van der Waals surface area contributed by atoms with Crippen molar-refractivity contribution in [3.05, 3.63) is 199 Å². The Morgan fingerprint density at radius 2 is 0.943 bits per heavy atom. The summed E-state index contributed by atoms with van der Waals surface area (Å²) in [4.78, 5) is 2.36. The van der Waals surface area contributed by atoms with Crippen LogP contribution in [0.1, 0.15) is 26.3 Å². The molecule has 1 aromatic heterocycles. The van der Waals surface area contributed by atoms with Crippen LogP contribution in [0.2, 0.25) is 0 Å². The summed E-state index contributed by atoms with van der Waals surface area (Å²) in [6, 6.07) is 66.3. The second-order valence-electron chi connectivity index (χ2n) is 14.5. The van der Waals surface area contributed by atoms with Gasteiger partial charge < -0.3 is 4.90 Å². The van der Waals surface area contributed by atoms with Gasteiger partial charge >= 0.3 is 0 Å². The van der Waals surface area contributed by atoms with Gasteiger partial charge in [-0.1, -0.05) is 147 Å². The normalized spacial score (nSPS) is 13.1. The number of hydrogen-bond donors (Lipinski definition) is 0. The lowest BCUT2D eigenvalue weighted by Crippen LogP contribution is -2.16. The van der Waals surface area contributed by atoms with Crippen molar-refractivity contribution in [1.82, 2.24) is 0 Å². The van der Waals surface area contributed by atoms with Crippen molar-refractivity contribution in [2.75, 3.05) is 4.90 Å². The first kappa shape index (κ1) is 30.4. The highest BCUT2D eigenvalue weighted by Gasteiger charge is 2.35. The number of fused-ring (bicyclic) bond motifs is 6. The zero-order valence-electron chi connectivity index (χ0n) is 30.7. The predicted octanol–water partition coefficient (Wildman–Crippen LogP) is 14.8. The van der Waals surface area contributed by atoms with E-state index in [-0.39, 0.29) is 5.41 Å². The molecule has 1 nitrogen and oxygen atoms in total. The molecule has 0 atom stereocenters. The van der Waals surface area contributed by atoms with E-state index in [2.05, 4.69) is 189 Å². The lowest BCUT2D eigenvalue weighted by molar-refractivity contribution is 0.660. The molecule has 0 aliphatic heterocycles. The molecule has 0 bridgehead atoms. The summed E-state index contributed by atoms with van der Waals surface area (Å²) < 4.78 is 11.0. The molecule has 8 aromatic carbocycles. The standard InChI is InChI=1S/C51H37NS/c1-51(2)47-14-8-6-12-43(47)44-30-29-42(33-48(44)51)52(40-25-20-36(21-26-40)34-10-4-3-5-11-34)41-27-22-37(23-28-41)35-16-18-38(19-17-35)39-24-31-50-46(32-39)45-13-7-9-15-49(45)53-50/h3-33H,1-2H3/i8D. The second-order valence-corrected chi connectivity index (χ2v) is 15.6. The highest BCUT2D eigenvalue weighted by atomic mass is 32.1. The molecule has 0 radical (unpaired) electrons. The molecule has 252 valence electrons. The maximum Gasteiger partial charge on any atom is 0.0623 e. The van der Waals surface area contributed by atoms with Crippen LogP contribution in [-0.4, -0.2) is 0 Å². The van der Waals surface area contributed by atoms with Gasteiger partial charge in [-0.25, -0.2) is 0 Å². The smallest absolute Gasteiger partial charge is 0.0623 e. The quantitative estimate of drug-likeness (QED) is 0.167. The Bertz CT molecular complexity index is 2830. The van der Waals surface area contributed by atoms with Gasteiger partial charge in [0.05, 0.1) is 1.37 Å². The van der Waals surface area contributed by atoms with Gasteiger partial charge in [0.2, 0.25) is 0 Å². The van der Waals surface area contributed by atoms with Crippen molar-refractivity contribution in [3.63, 3.8) is 0 Å². The van der Waals surface area contributed by atoms with Gasteiger partial charge in [-0.2, -0.15) is 0 Å². The fourth-order valence-corrected chi connectivity index (χ4v) is 9.28. The van der Waals surface area contributed by atoms with Crippen LogP contribution in [0.4, 0.5) is 17.1 Å². The summed E-state index contributed by atoms with van der Waals surface area (Å²) in [5.74, 6) is 0. The monoisotopic (exact) mass is 696 g/mol. The molecule has 1 aliphatic rings. The number of hydrogen-bond acceptors (Lipinski definition) is 2. The van der Waals surface area contributed by atoms with E-state index in [1.54, 1.807) is 0 Å². The van der Waals surface area contributed by atoms with E-state index in [1.807, 2.05) is 23.5 Å². The number of nitrogens with zero attached hydrogens (tertiary/aromatic N) is 1. The molecule has 1 heterocycles. The van der Waals surface area contributed by atoms with Gasteiger partial charge in [-0.05, 0) is 110 Å². The average molecular weight is 697 g/mol. The minimum absolute atomic E-state index is 0.208. The summed E-state index contributed by atoms with van der Waals surface area (Å²) >= 11 is 1.86. The zero-order valence-corrected chi connectivity index (χ0v) is 30.5. The molecule has 0 fully saturated rings. The largest absolute Gasteiger partial charge is 0.310 e. The van der Waals surface area contributed by atoms with Crippen LogP contribution in [-0.2, 0) is 5.41 Å². The lowest BCUT2D eigenvalue weighted by atomic mass is 9.82. The zero-order chi connectivity index (χ0) is 36.4. The number of rotatable bonds is 6. The molecule has 2 heteroatoms. The van der Waals surface area contributed by atoms with Gasteiger partial charge in [0.15, 0.2) is 0 Å². The minimum Gasteiger partial charge on any atom is -0.310 e. The van der Waals surface area contributed by atoms with Crippen LogP contribution in [0.25, 0.3) is 64.7 Å². The molecule has 0 amide bonds. The third-order valence-corrected chi connectivity index (χ3v) is 12.2. The van der Waals surface area contributed by atoms with E-state index < -0.39 is 0 Å². The summed E-state index contributed by atoms with van der Waals surface area (Å²) in [6.07, 6.45) is 0. The molecule has 0 saturated heterocycles. The van der Waals surface area contributed by atoms with Gasteiger partial charge in [0.25, 0.3) is 0 Å². The molecule has 1 aliphatic carbocycles. The molecule has 10 rings (SSSR count). The first-order chi connectivity index (χ1) is 26.4. The van der Waals surface area contributed by atoms with Crippen molar-refractivity contribution < 1.29 is 1.37 Å². The van der Waals surface area contributed by atoms with Gasteiger partial charge in [-0.3, -0.25) is 0 Å². The molecule has 0 saturated carbocycles. The van der Waals surface area contributed by atoms with Gasteiger partial charge in [0, 0.05) is 42.6 Å². The van der Waals surface area contributed by atoms with Crippen LogP contribution in [0.3, 0.4) is 0 Å². The topological polar surface area (TPSA) is 3.24 Å². The van der Waals surface area contributed by atoms with Gasteiger partial charge in [-0.15, -0.1) is 11.3 Å². The molecule has 0 N–H and O–H groups in total. The number of benzene rings is 8. The van der Waals surface area contributed by atoms with E-state index in [0.717, 1.165) is 17.1 Å². The maximum absolute atomic E-state index is 8.33. The highest BCUT2D eigenvalue weighted by Crippen LogP contribution is 2.50. The van der Waals surface area contributed by atoms with Crippen molar-refractivity contribution in [3.8, 4) is 44.5 Å². The van der Waals surface area contributed by atoms with E-state index >= 15 is 0 Å². The number of anilines is 3. The Kier molecular flexibility index (Phi) is 7.16. The predicted molar refractivity (Wildman–Crippen MR) is 228 cm³/mol. The van der Waals surface area contributed by atoms with E-state index in [4.69, 9.17) is 1.37 Å². The highest BCUT2D eigenvalue weighted by molar-refractivity contribution is 7.25. The Balaban J connectivity index is 1.00. The van der Waals surface area contributed by atoms with Gasteiger partial charge in [0.1, 0.15) is 0 Å². The first-order valence-electron chi connectivity index (χ1n) is 18.7. The van der Waals surface area contributed by atoms with Crippen molar-refractivity contribution in [1.29, 1.82) is 0 Å². The fraction of sp³-hybridized carbons (Fsp3) is 0.0588. The van der Waals surface area contributed by atoms with Crippen molar-refractivity contribution in [2.45, 2.75) is 19.3 Å². The summed E-state index contributed by atoms with van der Waals surface area (Å²) in [6.45, 7) is 4.56. The van der Waals surface area contributed by atoms with Crippen LogP contribution in [0.5, 0.6) is 0 Å². The average Bonchev–Trinajstić information content (AvgIpc) is 3.70. The SMILES string of the molecule is [2H]c1ccc2c(c1)C(C)(C)c1cc(N(c3ccc(-c4ccccc4)cc3)c3ccc(-c4ccc(-c5ccc6sc7ccccc7c6c5)cc4)cc3)ccc1-2. The van der Waals surface area contributed by atoms with Crippen molar-refractivity contribution >= 4 is 48.6 Å². The van der Waals surface area contributed by atoms with Crippen LogP contribution in [0, 0.1) is 0 Å². The lowest BCUT2D eigenvalue weighted by Gasteiger charge is -2.28. The third-order valence-electron chi connectivity index (χ3n) is 11.0. The summed E-state index contributed by atoms with van der Waals surface area (Å²) in [5.41, 5.74) is 15.3. The third kappa shape index (κ3) is 5.37. The number of thiophene rings is 1. The van der Waals surface area contributed by atoms with E-state index in [9.17, 15) is 0 Å². The van der Waals surface area contributed by atoms with Crippen LogP contribution >= 0.6 is 11.3 Å². The molecular weight excluding hydrogens is 659 g/mol. The minimum atomic E-state index is -0.208. The molecular formula is C51H37NS. The fourth-order valence-electron chi connectivity index (χ4n) is 8.20. The Hall–Kier alpha value is -6.22. The molecule has 0 unspecified atom stereocenters. The maximum atomic E-state index is 8.33. The van der Waals surface area contributed by atoms with E-state index in [0.29, 0.717) is 6.04 Å². The molecule has 53 heavy (non-hydrogen) atoms. The van der Waals surface area contributed by atoms with E-state index in [1.165, 1.54) is 75.8 Å². The molecule has 9 aromatic rings. The Labute approximate surface area is 316 Å². The van der Waals surface area contributed by atoms with Crippen molar-refractivity contribution in [2.24, 2.45) is 0 Å². The molecule has 0 spiro atoms.